The Morgan fingerprint density at radius 1 is 1.21 bits per heavy atom. The van der Waals surface area contributed by atoms with Gasteiger partial charge in [0, 0.05) is 6.20 Å². The maximum absolute atomic E-state index is 4.55. The smallest absolute Gasteiger partial charge is 0.0605 e. The van der Waals surface area contributed by atoms with E-state index < -0.39 is 0 Å². The van der Waals surface area contributed by atoms with Crippen molar-refractivity contribution in [1.82, 2.24) is 10.3 Å². The zero-order chi connectivity index (χ0) is 13.1. The summed E-state index contributed by atoms with van der Waals surface area (Å²) in [6.45, 7) is 3.56. The second kappa shape index (κ2) is 6.04. The van der Waals surface area contributed by atoms with Crippen LogP contribution >= 0.6 is 0 Å². The number of nitrogens with zero attached hydrogens (tertiary/aromatic N) is 1. The van der Waals surface area contributed by atoms with E-state index in [4.69, 9.17) is 0 Å². The highest BCUT2D eigenvalue weighted by Crippen LogP contribution is 2.31. The van der Waals surface area contributed by atoms with E-state index in [1.807, 2.05) is 6.20 Å². The van der Waals surface area contributed by atoms with E-state index in [-0.39, 0.29) is 0 Å². The number of rotatable bonds is 4. The molecule has 1 saturated carbocycles. The topological polar surface area (TPSA) is 24.9 Å². The van der Waals surface area contributed by atoms with E-state index in [0.29, 0.717) is 6.04 Å². The molecule has 1 N–H and O–H groups in total. The Kier molecular flexibility index (Phi) is 4.17. The molecule has 3 rings (SSSR count). The normalized spacial score (nSPS) is 30.3. The number of hydrogen-bond donors (Lipinski definition) is 1. The predicted octanol–water partition coefficient (Wildman–Crippen LogP) is 3.87. The molecule has 0 bridgehead atoms. The molecule has 0 aliphatic heterocycles. The van der Waals surface area contributed by atoms with Crippen molar-refractivity contribution in [2.24, 2.45) is 11.8 Å². The van der Waals surface area contributed by atoms with Crippen molar-refractivity contribution >= 4 is 0 Å². The Bertz CT molecular complexity index is 407. The second-order valence-electron chi connectivity index (χ2n) is 6.51. The van der Waals surface area contributed by atoms with Crippen molar-refractivity contribution in [2.45, 2.75) is 57.9 Å². The molecule has 2 aliphatic carbocycles. The minimum atomic E-state index is 0.513. The summed E-state index contributed by atoms with van der Waals surface area (Å²) in [7, 11) is 0. The van der Waals surface area contributed by atoms with Crippen LogP contribution in [0, 0.1) is 11.8 Å². The largest absolute Gasteiger partial charge is 0.309 e. The lowest BCUT2D eigenvalue weighted by Crippen LogP contribution is -2.24. The fourth-order valence-corrected chi connectivity index (χ4v) is 3.69. The molecule has 2 heteroatoms. The Morgan fingerprint density at radius 2 is 2.05 bits per heavy atom. The lowest BCUT2D eigenvalue weighted by atomic mass is 9.81. The van der Waals surface area contributed by atoms with Gasteiger partial charge in [-0.3, -0.25) is 4.98 Å². The van der Waals surface area contributed by atoms with Crippen molar-refractivity contribution in [3.05, 3.63) is 29.6 Å². The molecular formula is C17H26N2. The van der Waals surface area contributed by atoms with Gasteiger partial charge in [-0.25, -0.2) is 0 Å². The molecule has 1 heterocycles. The summed E-state index contributed by atoms with van der Waals surface area (Å²) < 4.78 is 0. The summed E-state index contributed by atoms with van der Waals surface area (Å²) in [6, 6.07) is 4.80. The quantitative estimate of drug-likeness (QED) is 0.886. The first-order valence-corrected chi connectivity index (χ1v) is 8.00. The van der Waals surface area contributed by atoms with Crippen molar-refractivity contribution in [1.29, 1.82) is 0 Å². The Balaban J connectivity index is 1.44. The van der Waals surface area contributed by atoms with Gasteiger partial charge in [-0.15, -0.1) is 0 Å². The van der Waals surface area contributed by atoms with Gasteiger partial charge in [0.2, 0.25) is 0 Å². The molecule has 1 aromatic heterocycles. The SMILES string of the molecule is CC1CCC(CCNC2CCc3cccnc32)CC1. The molecule has 1 fully saturated rings. The van der Waals surface area contributed by atoms with E-state index in [1.54, 1.807) is 0 Å². The van der Waals surface area contributed by atoms with E-state index in [1.165, 1.54) is 62.7 Å². The first-order chi connectivity index (χ1) is 9.33. The Hall–Kier alpha value is -0.890. The molecule has 2 aliphatic rings. The highest BCUT2D eigenvalue weighted by atomic mass is 14.9. The van der Waals surface area contributed by atoms with Gasteiger partial charge in [-0.05, 0) is 49.3 Å². The van der Waals surface area contributed by atoms with Gasteiger partial charge in [0.15, 0.2) is 0 Å². The van der Waals surface area contributed by atoms with E-state index in [2.05, 4.69) is 29.4 Å². The lowest BCUT2D eigenvalue weighted by Gasteiger charge is -2.26. The van der Waals surface area contributed by atoms with Crippen LogP contribution in [0.5, 0.6) is 0 Å². The number of hydrogen-bond acceptors (Lipinski definition) is 2. The van der Waals surface area contributed by atoms with Crippen molar-refractivity contribution in [3.63, 3.8) is 0 Å². The van der Waals surface area contributed by atoms with Crippen LogP contribution in [0.4, 0.5) is 0 Å². The van der Waals surface area contributed by atoms with Gasteiger partial charge in [0.1, 0.15) is 0 Å². The van der Waals surface area contributed by atoms with Gasteiger partial charge < -0.3 is 5.32 Å². The summed E-state index contributed by atoms with van der Waals surface area (Å²) in [5.74, 6) is 1.93. The number of nitrogens with one attached hydrogen (secondary N) is 1. The Labute approximate surface area is 117 Å². The minimum Gasteiger partial charge on any atom is -0.309 e. The Morgan fingerprint density at radius 3 is 2.89 bits per heavy atom. The zero-order valence-electron chi connectivity index (χ0n) is 12.1. The zero-order valence-corrected chi connectivity index (χ0v) is 12.1. The maximum Gasteiger partial charge on any atom is 0.0605 e. The molecule has 1 aromatic rings. The van der Waals surface area contributed by atoms with Crippen molar-refractivity contribution < 1.29 is 0 Å². The van der Waals surface area contributed by atoms with Crippen molar-refractivity contribution in [3.8, 4) is 0 Å². The van der Waals surface area contributed by atoms with Gasteiger partial charge in [-0.1, -0.05) is 38.7 Å². The van der Waals surface area contributed by atoms with Crippen LogP contribution in [0.25, 0.3) is 0 Å². The number of aryl methyl sites for hydroxylation is 1. The molecule has 1 atom stereocenters. The number of fused-ring (bicyclic) bond motifs is 1. The molecule has 0 radical (unpaired) electrons. The van der Waals surface area contributed by atoms with Crippen molar-refractivity contribution in [2.75, 3.05) is 6.54 Å². The third-order valence-corrected chi connectivity index (χ3v) is 5.04. The molecule has 1 unspecified atom stereocenters. The van der Waals surface area contributed by atoms with Gasteiger partial charge in [0.05, 0.1) is 11.7 Å². The molecule has 0 amide bonds. The fraction of sp³-hybridized carbons (Fsp3) is 0.706. The molecule has 19 heavy (non-hydrogen) atoms. The molecule has 0 aromatic carbocycles. The summed E-state index contributed by atoms with van der Waals surface area (Å²) in [5, 5.41) is 3.73. The predicted molar refractivity (Wildman–Crippen MR) is 79.0 cm³/mol. The standard InChI is InChI=1S/C17H26N2/c1-13-4-6-14(7-5-13)10-12-18-16-9-8-15-3-2-11-19-17(15)16/h2-3,11,13-14,16,18H,4-10,12H2,1H3. The van der Waals surface area contributed by atoms with Crippen LogP contribution in [0.3, 0.4) is 0 Å². The van der Waals surface area contributed by atoms with E-state index >= 15 is 0 Å². The summed E-state index contributed by atoms with van der Waals surface area (Å²) in [4.78, 5) is 4.55. The summed E-state index contributed by atoms with van der Waals surface area (Å²) >= 11 is 0. The van der Waals surface area contributed by atoms with Crippen LogP contribution < -0.4 is 5.32 Å². The van der Waals surface area contributed by atoms with Crippen LogP contribution in [0.1, 0.15) is 62.7 Å². The third-order valence-electron chi connectivity index (χ3n) is 5.04. The third kappa shape index (κ3) is 3.17. The first-order valence-electron chi connectivity index (χ1n) is 8.00. The first kappa shape index (κ1) is 13.1. The lowest BCUT2D eigenvalue weighted by molar-refractivity contribution is 0.272. The molecule has 0 saturated heterocycles. The highest BCUT2D eigenvalue weighted by molar-refractivity contribution is 5.27. The minimum absolute atomic E-state index is 0.513. The highest BCUT2D eigenvalue weighted by Gasteiger charge is 2.23. The molecular weight excluding hydrogens is 232 g/mol. The number of pyridine rings is 1. The maximum atomic E-state index is 4.55. The average molecular weight is 258 g/mol. The fourth-order valence-electron chi connectivity index (χ4n) is 3.69. The molecule has 104 valence electrons. The van der Waals surface area contributed by atoms with E-state index in [9.17, 15) is 0 Å². The molecule has 0 spiro atoms. The monoisotopic (exact) mass is 258 g/mol. The van der Waals surface area contributed by atoms with Crippen LogP contribution in [-0.4, -0.2) is 11.5 Å². The summed E-state index contributed by atoms with van der Waals surface area (Å²) in [5.41, 5.74) is 2.76. The van der Waals surface area contributed by atoms with Gasteiger partial charge >= 0.3 is 0 Å². The molecule has 2 nitrogen and oxygen atoms in total. The summed E-state index contributed by atoms with van der Waals surface area (Å²) in [6.07, 6.45) is 11.5. The van der Waals surface area contributed by atoms with Crippen LogP contribution in [0.2, 0.25) is 0 Å². The second-order valence-corrected chi connectivity index (χ2v) is 6.51. The van der Waals surface area contributed by atoms with Gasteiger partial charge in [-0.2, -0.15) is 0 Å². The van der Waals surface area contributed by atoms with Crippen LogP contribution in [-0.2, 0) is 6.42 Å². The van der Waals surface area contributed by atoms with Gasteiger partial charge in [0.25, 0.3) is 0 Å². The van der Waals surface area contributed by atoms with Crippen LogP contribution in [0.15, 0.2) is 18.3 Å². The number of aromatic nitrogens is 1. The average Bonchev–Trinajstić information content (AvgIpc) is 2.85. The van der Waals surface area contributed by atoms with E-state index in [0.717, 1.165) is 11.8 Å².